The lowest BCUT2D eigenvalue weighted by Crippen LogP contribution is -2.10. The molecule has 0 atom stereocenters. The zero-order valence-electron chi connectivity index (χ0n) is 18.6. The van der Waals surface area contributed by atoms with Crippen LogP contribution in [0.15, 0.2) is 40.8 Å². The summed E-state index contributed by atoms with van der Waals surface area (Å²) in [5, 5.41) is 9.32. The van der Waals surface area contributed by atoms with Crippen molar-refractivity contribution in [2.75, 3.05) is 6.61 Å². The van der Waals surface area contributed by atoms with Gasteiger partial charge in [0.1, 0.15) is 11.5 Å². The number of ketones is 1. The molecule has 3 rings (SSSR count). The number of hydrogen-bond acceptors (Lipinski definition) is 5. The molecule has 3 aromatic rings. The Morgan fingerprint density at radius 2 is 1.91 bits per heavy atom. The van der Waals surface area contributed by atoms with Crippen LogP contribution in [0.4, 0.5) is 0 Å². The highest BCUT2D eigenvalue weighted by molar-refractivity contribution is 6.33. The Morgan fingerprint density at radius 3 is 2.53 bits per heavy atom. The molecule has 0 bridgehead atoms. The summed E-state index contributed by atoms with van der Waals surface area (Å²) in [7, 11) is 0. The average molecular weight is 456 g/mol. The number of nitrogens with zero attached hydrogens (tertiary/aromatic N) is 1. The fourth-order valence-electron chi connectivity index (χ4n) is 3.40. The largest absolute Gasteiger partial charge is 0.482 e. The maximum Gasteiger partial charge on any atom is 0.341 e. The summed E-state index contributed by atoms with van der Waals surface area (Å²) in [4.78, 5) is 28.1. The molecule has 2 aromatic carbocycles. The third kappa shape index (κ3) is 5.56. The van der Waals surface area contributed by atoms with Crippen LogP contribution < -0.4 is 4.74 Å². The van der Waals surface area contributed by atoms with Gasteiger partial charge in [0, 0.05) is 24.3 Å². The minimum atomic E-state index is -1.05. The molecule has 0 aliphatic rings. The van der Waals surface area contributed by atoms with Gasteiger partial charge < -0.3 is 14.3 Å². The van der Waals surface area contributed by atoms with E-state index in [4.69, 9.17) is 25.9 Å². The van der Waals surface area contributed by atoms with Crippen molar-refractivity contribution in [2.45, 2.75) is 46.5 Å². The molecule has 6 nitrogen and oxygen atoms in total. The van der Waals surface area contributed by atoms with E-state index in [-0.39, 0.29) is 18.1 Å². The lowest BCUT2D eigenvalue weighted by atomic mass is 10.0. The van der Waals surface area contributed by atoms with Crippen molar-refractivity contribution in [1.29, 1.82) is 0 Å². The van der Waals surface area contributed by atoms with E-state index >= 15 is 0 Å². The van der Waals surface area contributed by atoms with Crippen LogP contribution >= 0.6 is 11.6 Å². The van der Waals surface area contributed by atoms with Crippen LogP contribution in [0.25, 0.3) is 11.5 Å². The number of Topliss-reactive ketones (excluding diaryl/α,β-unsaturated/α-hetero) is 1. The van der Waals surface area contributed by atoms with Crippen molar-refractivity contribution in [2.24, 2.45) is 0 Å². The highest BCUT2D eigenvalue weighted by Gasteiger charge is 2.20. The second kappa shape index (κ2) is 10.0. The molecule has 0 aliphatic heterocycles. The van der Waals surface area contributed by atoms with E-state index in [2.05, 4.69) is 4.98 Å². The van der Waals surface area contributed by atoms with E-state index in [1.807, 2.05) is 39.0 Å². The van der Waals surface area contributed by atoms with Gasteiger partial charge in [-0.05, 0) is 55.3 Å². The Kier molecular flexibility index (Phi) is 7.36. The van der Waals surface area contributed by atoms with Crippen molar-refractivity contribution >= 4 is 23.4 Å². The zero-order valence-corrected chi connectivity index (χ0v) is 19.3. The van der Waals surface area contributed by atoms with Crippen molar-refractivity contribution in [1.82, 2.24) is 4.98 Å². The third-order valence-electron chi connectivity index (χ3n) is 5.04. The number of carboxylic acid groups (broad SMARTS) is 1. The number of benzene rings is 2. The number of halogens is 1. The van der Waals surface area contributed by atoms with Gasteiger partial charge in [-0.2, -0.15) is 0 Å². The maximum atomic E-state index is 12.8. The van der Waals surface area contributed by atoms with Gasteiger partial charge in [0.15, 0.2) is 12.4 Å². The van der Waals surface area contributed by atoms with Crippen LogP contribution in [0.2, 0.25) is 5.02 Å². The quantitative estimate of drug-likeness (QED) is 0.397. The zero-order chi connectivity index (χ0) is 23.4. The summed E-state index contributed by atoms with van der Waals surface area (Å²) in [6.07, 6.45) is 0.706. The standard InChI is InChI=1S/C25H26ClNO5/c1-14(2)24-20(27-25(32-24)18-7-5-15(3)11-19(18)26)8-9-21(28)17-6-10-22(16(4)12-17)31-13-23(29)30/h5-7,10-12,14H,8-9,13H2,1-4H3,(H,29,30). The van der Waals surface area contributed by atoms with Gasteiger partial charge in [-0.25, -0.2) is 9.78 Å². The lowest BCUT2D eigenvalue weighted by molar-refractivity contribution is -0.139. The highest BCUT2D eigenvalue weighted by atomic mass is 35.5. The molecule has 0 spiro atoms. The Labute approximate surface area is 192 Å². The van der Waals surface area contributed by atoms with E-state index < -0.39 is 12.6 Å². The minimum absolute atomic E-state index is 0.0366. The first-order valence-corrected chi connectivity index (χ1v) is 10.8. The maximum absolute atomic E-state index is 12.8. The van der Waals surface area contributed by atoms with Gasteiger partial charge in [-0.3, -0.25) is 4.79 Å². The van der Waals surface area contributed by atoms with Gasteiger partial charge in [0.05, 0.1) is 16.3 Å². The molecule has 0 saturated heterocycles. The highest BCUT2D eigenvalue weighted by Crippen LogP contribution is 2.32. The fraction of sp³-hybridized carbons (Fsp3) is 0.320. The van der Waals surface area contributed by atoms with E-state index in [0.717, 1.165) is 22.6 Å². The summed E-state index contributed by atoms with van der Waals surface area (Å²) in [5.74, 6) is 0.672. The van der Waals surface area contributed by atoms with Crippen molar-refractivity contribution in [3.8, 4) is 17.2 Å². The normalized spacial score (nSPS) is 11.1. The Balaban J connectivity index is 1.76. The van der Waals surface area contributed by atoms with E-state index in [0.29, 0.717) is 34.2 Å². The molecule has 168 valence electrons. The number of aliphatic carboxylic acids is 1. The molecule has 32 heavy (non-hydrogen) atoms. The summed E-state index contributed by atoms with van der Waals surface area (Å²) < 4.78 is 11.3. The molecule has 1 N–H and O–H groups in total. The van der Waals surface area contributed by atoms with Crippen LogP contribution in [0, 0.1) is 13.8 Å². The monoisotopic (exact) mass is 455 g/mol. The first-order valence-electron chi connectivity index (χ1n) is 10.4. The number of carbonyl (C=O) groups excluding carboxylic acids is 1. The number of aromatic nitrogens is 1. The Bertz CT molecular complexity index is 1150. The van der Waals surface area contributed by atoms with Crippen LogP contribution in [-0.4, -0.2) is 28.4 Å². The van der Waals surface area contributed by atoms with Crippen LogP contribution in [0.3, 0.4) is 0 Å². The number of carbonyl (C=O) groups is 2. The van der Waals surface area contributed by atoms with Gasteiger partial charge in [-0.15, -0.1) is 0 Å². The molecule has 0 fully saturated rings. The minimum Gasteiger partial charge on any atom is -0.482 e. The Hall–Kier alpha value is -3.12. The third-order valence-corrected chi connectivity index (χ3v) is 5.36. The molecule has 0 saturated carbocycles. The number of carboxylic acids is 1. The smallest absolute Gasteiger partial charge is 0.341 e. The number of aryl methyl sites for hydroxylation is 3. The van der Waals surface area contributed by atoms with Crippen molar-refractivity contribution in [3.05, 3.63) is 69.6 Å². The predicted molar refractivity (Wildman–Crippen MR) is 123 cm³/mol. The number of hydrogen-bond donors (Lipinski definition) is 1. The summed E-state index contributed by atoms with van der Waals surface area (Å²) in [5.41, 5.74) is 3.77. The fourth-order valence-corrected chi connectivity index (χ4v) is 3.72. The second-order valence-corrected chi connectivity index (χ2v) is 8.46. The number of ether oxygens (including phenoxy) is 1. The number of oxazole rings is 1. The van der Waals surface area contributed by atoms with E-state index in [9.17, 15) is 9.59 Å². The van der Waals surface area contributed by atoms with Gasteiger partial charge in [0.2, 0.25) is 5.89 Å². The van der Waals surface area contributed by atoms with Gasteiger partial charge in [-0.1, -0.05) is 31.5 Å². The summed E-state index contributed by atoms with van der Waals surface area (Å²) in [6, 6.07) is 10.7. The molecular formula is C25H26ClNO5. The summed E-state index contributed by atoms with van der Waals surface area (Å²) >= 11 is 6.38. The van der Waals surface area contributed by atoms with Gasteiger partial charge >= 0.3 is 5.97 Å². The molecule has 1 heterocycles. The van der Waals surface area contributed by atoms with E-state index in [1.165, 1.54) is 0 Å². The SMILES string of the molecule is Cc1ccc(-c2nc(CCC(=O)c3ccc(OCC(=O)O)c(C)c3)c(C(C)C)o2)c(Cl)c1. The average Bonchev–Trinajstić information content (AvgIpc) is 3.15. The second-order valence-electron chi connectivity index (χ2n) is 8.05. The molecule has 0 amide bonds. The van der Waals surface area contributed by atoms with E-state index in [1.54, 1.807) is 25.1 Å². The number of rotatable bonds is 9. The summed E-state index contributed by atoms with van der Waals surface area (Å²) in [6.45, 7) is 7.36. The van der Waals surface area contributed by atoms with Crippen LogP contribution in [0.5, 0.6) is 5.75 Å². The van der Waals surface area contributed by atoms with Crippen LogP contribution in [-0.2, 0) is 11.2 Å². The molecule has 0 unspecified atom stereocenters. The van der Waals surface area contributed by atoms with Gasteiger partial charge in [0.25, 0.3) is 0 Å². The first-order chi connectivity index (χ1) is 15.2. The molecule has 0 aliphatic carbocycles. The molecule has 0 radical (unpaired) electrons. The molecule has 7 heteroatoms. The van der Waals surface area contributed by atoms with Crippen molar-refractivity contribution in [3.63, 3.8) is 0 Å². The first kappa shape index (κ1) is 23.5. The molecule has 1 aromatic heterocycles. The Morgan fingerprint density at radius 1 is 1.16 bits per heavy atom. The molecular weight excluding hydrogens is 430 g/mol. The van der Waals surface area contributed by atoms with Crippen LogP contribution in [0.1, 0.15) is 59.1 Å². The van der Waals surface area contributed by atoms with Crippen molar-refractivity contribution < 1.29 is 23.8 Å². The topological polar surface area (TPSA) is 89.6 Å². The lowest BCUT2D eigenvalue weighted by Gasteiger charge is -2.09. The predicted octanol–water partition coefficient (Wildman–Crippen LogP) is 6.01.